The zero-order valence-electron chi connectivity index (χ0n) is 10.1. The fourth-order valence-corrected chi connectivity index (χ4v) is 3.12. The van der Waals surface area contributed by atoms with E-state index in [1.165, 1.54) is 0 Å². The first kappa shape index (κ1) is 13.6. The van der Waals surface area contributed by atoms with Crippen molar-refractivity contribution in [2.75, 3.05) is 11.4 Å². The molecule has 1 fully saturated rings. The number of primary amides is 1. The van der Waals surface area contributed by atoms with Crippen LogP contribution >= 0.6 is 27.5 Å². The number of amides is 1. The van der Waals surface area contributed by atoms with Crippen molar-refractivity contribution in [3.8, 4) is 0 Å². The fraction of sp³-hybridized carbons (Fsp3) is 0.500. The predicted octanol–water partition coefficient (Wildman–Crippen LogP) is 2.59. The Hall–Kier alpha value is -0.810. The number of aromatic nitrogens is 1. The highest BCUT2D eigenvalue weighted by Gasteiger charge is 2.30. The van der Waals surface area contributed by atoms with Crippen molar-refractivity contribution in [1.82, 2.24) is 4.98 Å². The Balaban J connectivity index is 2.26. The van der Waals surface area contributed by atoms with Gasteiger partial charge in [0.2, 0.25) is 5.91 Å². The molecule has 98 valence electrons. The van der Waals surface area contributed by atoms with Crippen molar-refractivity contribution in [2.24, 2.45) is 11.7 Å². The minimum Gasteiger partial charge on any atom is -0.369 e. The molecular formula is C12H15BrClN3O. The molecule has 2 unspecified atom stereocenters. The lowest BCUT2D eigenvalue weighted by Gasteiger charge is -2.38. The van der Waals surface area contributed by atoms with Crippen molar-refractivity contribution in [3.63, 3.8) is 0 Å². The zero-order chi connectivity index (χ0) is 13.3. The molecule has 6 heteroatoms. The molecule has 1 aromatic heterocycles. The van der Waals surface area contributed by atoms with E-state index in [0.29, 0.717) is 17.6 Å². The Morgan fingerprint density at radius 2 is 2.33 bits per heavy atom. The lowest BCUT2D eigenvalue weighted by Crippen LogP contribution is -2.46. The average molecular weight is 333 g/mol. The van der Waals surface area contributed by atoms with E-state index in [2.05, 4.69) is 32.7 Å². The van der Waals surface area contributed by atoms with Gasteiger partial charge in [-0.1, -0.05) is 11.6 Å². The van der Waals surface area contributed by atoms with Crippen LogP contribution in [-0.2, 0) is 4.79 Å². The molecule has 2 N–H and O–H groups in total. The zero-order valence-corrected chi connectivity index (χ0v) is 12.4. The quantitative estimate of drug-likeness (QED) is 0.905. The maximum Gasteiger partial charge on any atom is 0.222 e. The van der Waals surface area contributed by atoms with Crippen LogP contribution in [0.4, 0.5) is 5.82 Å². The highest BCUT2D eigenvalue weighted by Crippen LogP contribution is 2.32. The smallest absolute Gasteiger partial charge is 0.222 e. The summed E-state index contributed by atoms with van der Waals surface area (Å²) in [6.07, 6.45) is 3.39. The van der Waals surface area contributed by atoms with Crippen LogP contribution in [0.3, 0.4) is 0 Å². The van der Waals surface area contributed by atoms with Crippen molar-refractivity contribution in [3.05, 3.63) is 21.8 Å². The summed E-state index contributed by atoms with van der Waals surface area (Å²) < 4.78 is 0.840. The standard InChI is InChI=1S/C12H15BrClN3O/c1-7-2-3-8(11(15)18)6-17(7)12-10(13)4-9(14)5-16-12/h4-5,7-8H,2-3,6H2,1H3,(H2,15,18). The maximum absolute atomic E-state index is 11.3. The third-order valence-corrected chi connectivity index (χ3v) is 4.14. The Morgan fingerprint density at radius 1 is 1.61 bits per heavy atom. The third kappa shape index (κ3) is 2.78. The number of piperidine rings is 1. The number of carbonyl (C=O) groups excluding carboxylic acids is 1. The van der Waals surface area contributed by atoms with Gasteiger partial charge in [-0.3, -0.25) is 4.79 Å². The van der Waals surface area contributed by atoms with Crippen LogP contribution < -0.4 is 10.6 Å². The van der Waals surface area contributed by atoms with Crippen LogP contribution in [0.1, 0.15) is 19.8 Å². The van der Waals surface area contributed by atoms with Gasteiger partial charge in [0, 0.05) is 18.8 Å². The van der Waals surface area contributed by atoms with Gasteiger partial charge >= 0.3 is 0 Å². The van der Waals surface area contributed by atoms with E-state index in [1.807, 2.05) is 6.07 Å². The molecule has 4 nitrogen and oxygen atoms in total. The number of nitrogens with two attached hydrogens (primary N) is 1. The molecule has 0 spiro atoms. The molecule has 0 aliphatic carbocycles. The van der Waals surface area contributed by atoms with Crippen LogP contribution in [-0.4, -0.2) is 23.5 Å². The van der Waals surface area contributed by atoms with E-state index in [0.717, 1.165) is 23.1 Å². The summed E-state index contributed by atoms with van der Waals surface area (Å²) in [5.41, 5.74) is 5.40. The maximum atomic E-state index is 11.3. The lowest BCUT2D eigenvalue weighted by molar-refractivity contribution is -0.122. The average Bonchev–Trinajstić information content (AvgIpc) is 2.30. The topological polar surface area (TPSA) is 59.2 Å². The van der Waals surface area contributed by atoms with Gasteiger partial charge in [-0.2, -0.15) is 0 Å². The molecular weight excluding hydrogens is 318 g/mol. The molecule has 0 aromatic carbocycles. The van der Waals surface area contributed by atoms with Crippen molar-refractivity contribution in [1.29, 1.82) is 0 Å². The van der Waals surface area contributed by atoms with Crippen molar-refractivity contribution >= 4 is 39.3 Å². The van der Waals surface area contributed by atoms with Gasteiger partial charge in [0.05, 0.1) is 15.4 Å². The van der Waals surface area contributed by atoms with Crippen LogP contribution in [0.25, 0.3) is 0 Å². The van der Waals surface area contributed by atoms with Crippen LogP contribution in [0, 0.1) is 5.92 Å². The van der Waals surface area contributed by atoms with Gasteiger partial charge in [0.15, 0.2) is 0 Å². The fourth-order valence-electron chi connectivity index (χ4n) is 2.25. The van der Waals surface area contributed by atoms with Crippen LogP contribution in [0.15, 0.2) is 16.7 Å². The van der Waals surface area contributed by atoms with Gasteiger partial charge in [-0.25, -0.2) is 4.98 Å². The van der Waals surface area contributed by atoms with Crippen molar-refractivity contribution < 1.29 is 4.79 Å². The molecule has 2 atom stereocenters. The second-order valence-corrected chi connectivity index (χ2v) is 5.93. The molecule has 0 radical (unpaired) electrons. The second kappa shape index (κ2) is 5.45. The minimum atomic E-state index is -0.239. The second-order valence-electron chi connectivity index (χ2n) is 4.64. The lowest BCUT2D eigenvalue weighted by atomic mass is 9.93. The summed E-state index contributed by atoms with van der Waals surface area (Å²) >= 11 is 9.35. The Kier molecular flexibility index (Phi) is 4.12. The number of hydrogen-bond donors (Lipinski definition) is 1. The number of rotatable bonds is 2. The van der Waals surface area contributed by atoms with Gasteiger partial charge in [-0.05, 0) is 41.8 Å². The molecule has 0 bridgehead atoms. The van der Waals surface area contributed by atoms with Crippen LogP contribution in [0.5, 0.6) is 0 Å². The normalized spacial score (nSPS) is 24.1. The molecule has 0 saturated carbocycles. The number of nitrogens with zero attached hydrogens (tertiary/aromatic N) is 2. The summed E-state index contributed by atoms with van der Waals surface area (Å²) in [5.74, 6) is 0.473. The van der Waals surface area contributed by atoms with Gasteiger partial charge in [0.1, 0.15) is 5.82 Å². The van der Waals surface area contributed by atoms with E-state index < -0.39 is 0 Å². The molecule has 1 amide bonds. The van der Waals surface area contributed by atoms with Gasteiger partial charge < -0.3 is 10.6 Å². The highest BCUT2D eigenvalue weighted by atomic mass is 79.9. The first-order valence-electron chi connectivity index (χ1n) is 5.86. The summed E-state index contributed by atoms with van der Waals surface area (Å²) in [5, 5.41) is 0.585. The number of hydrogen-bond acceptors (Lipinski definition) is 3. The summed E-state index contributed by atoms with van der Waals surface area (Å²) in [6, 6.07) is 2.15. The Morgan fingerprint density at radius 3 is 2.94 bits per heavy atom. The number of carbonyl (C=O) groups is 1. The third-order valence-electron chi connectivity index (χ3n) is 3.34. The predicted molar refractivity (Wildman–Crippen MR) is 75.7 cm³/mol. The van der Waals surface area contributed by atoms with E-state index in [-0.39, 0.29) is 11.8 Å². The first-order valence-corrected chi connectivity index (χ1v) is 7.03. The van der Waals surface area contributed by atoms with Gasteiger partial charge in [0.25, 0.3) is 0 Å². The molecule has 1 aliphatic rings. The highest BCUT2D eigenvalue weighted by molar-refractivity contribution is 9.10. The molecule has 1 aliphatic heterocycles. The summed E-state index contributed by atoms with van der Waals surface area (Å²) in [6.45, 7) is 2.74. The molecule has 1 saturated heterocycles. The van der Waals surface area contributed by atoms with E-state index in [1.54, 1.807) is 6.20 Å². The number of pyridine rings is 1. The SMILES string of the molecule is CC1CCC(C(N)=O)CN1c1ncc(Cl)cc1Br. The van der Waals surface area contributed by atoms with E-state index >= 15 is 0 Å². The van der Waals surface area contributed by atoms with E-state index in [4.69, 9.17) is 17.3 Å². The molecule has 18 heavy (non-hydrogen) atoms. The molecule has 2 rings (SSSR count). The van der Waals surface area contributed by atoms with E-state index in [9.17, 15) is 4.79 Å². The minimum absolute atomic E-state index is 0.106. The largest absolute Gasteiger partial charge is 0.369 e. The molecule has 1 aromatic rings. The number of halogens is 2. The summed E-state index contributed by atoms with van der Waals surface area (Å²) in [7, 11) is 0. The Bertz CT molecular complexity index is 469. The number of anilines is 1. The van der Waals surface area contributed by atoms with Crippen LogP contribution in [0.2, 0.25) is 5.02 Å². The molecule has 2 heterocycles. The first-order chi connectivity index (χ1) is 8.49. The Labute approximate surface area is 120 Å². The van der Waals surface area contributed by atoms with Crippen molar-refractivity contribution in [2.45, 2.75) is 25.8 Å². The van der Waals surface area contributed by atoms with Gasteiger partial charge in [-0.15, -0.1) is 0 Å². The monoisotopic (exact) mass is 331 g/mol. The summed E-state index contributed by atoms with van der Waals surface area (Å²) in [4.78, 5) is 17.8.